The van der Waals surface area contributed by atoms with E-state index >= 15 is 0 Å². The lowest BCUT2D eigenvalue weighted by molar-refractivity contribution is 0.210. The van der Waals surface area contributed by atoms with E-state index in [0.717, 1.165) is 25.3 Å². The van der Waals surface area contributed by atoms with Gasteiger partial charge in [-0.05, 0) is 49.3 Å². The van der Waals surface area contributed by atoms with Crippen molar-refractivity contribution in [2.75, 3.05) is 13.1 Å². The fourth-order valence-electron chi connectivity index (χ4n) is 2.01. The zero-order chi connectivity index (χ0) is 12.8. The van der Waals surface area contributed by atoms with Crippen molar-refractivity contribution in [2.45, 2.75) is 26.4 Å². The molecule has 2 aromatic rings. The van der Waals surface area contributed by atoms with Gasteiger partial charge in [-0.2, -0.15) is 0 Å². The zero-order valence-corrected chi connectivity index (χ0v) is 11.1. The second-order valence-corrected chi connectivity index (χ2v) is 4.58. The van der Waals surface area contributed by atoms with Crippen LogP contribution in [0.5, 0.6) is 5.75 Å². The van der Waals surface area contributed by atoms with Crippen molar-refractivity contribution >= 4 is 10.8 Å². The van der Waals surface area contributed by atoms with Crippen LogP contribution in [-0.4, -0.2) is 19.2 Å². The Morgan fingerprint density at radius 2 is 1.89 bits per heavy atom. The number of hydrogen-bond donors (Lipinski definition) is 1. The highest BCUT2D eigenvalue weighted by Gasteiger charge is 2.04. The molecule has 0 fully saturated rings. The Balaban J connectivity index is 1.98. The van der Waals surface area contributed by atoms with Gasteiger partial charge in [0.15, 0.2) is 0 Å². The summed E-state index contributed by atoms with van der Waals surface area (Å²) in [5.74, 6) is 0.956. The molecule has 0 saturated heterocycles. The maximum atomic E-state index is 5.93. The minimum absolute atomic E-state index is 0.241. The molecule has 0 aliphatic carbocycles. The summed E-state index contributed by atoms with van der Waals surface area (Å²) in [5, 5.41) is 5.80. The van der Waals surface area contributed by atoms with Gasteiger partial charge in [-0.25, -0.2) is 0 Å². The van der Waals surface area contributed by atoms with Gasteiger partial charge in [0.05, 0.1) is 6.10 Å². The number of nitrogens with one attached hydrogen (secondary N) is 1. The first kappa shape index (κ1) is 12.9. The average Bonchev–Trinajstić information content (AvgIpc) is 2.39. The molecular weight excluding hydrogens is 222 g/mol. The molecule has 2 rings (SSSR count). The Bertz CT molecular complexity index is 495. The van der Waals surface area contributed by atoms with Gasteiger partial charge in [0.2, 0.25) is 0 Å². The highest BCUT2D eigenvalue weighted by Crippen LogP contribution is 2.21. The fraction of sp³-hybridized carbons (Fsp3) is 0.375. The molecular formula is C16H21NO. The summed E-state index contributed by atoms with van der Waals surface area (Å²) in [6, 6.07) is 14.6. The molecule has 0 spiro atoms. The topological polar surface area (TPSA) is 21.3 Å². The van der Waals surface area contributed by atoms with Crippen molar-refractivity contribution in [1.29, 1.82) is 0 Å². The van der Waals surface area contributed by atoms with Crippen molar-refractivity contribution in [3.05, 3.63) is 42.5 Å². The zero-order valence-electron chi connectivity index (χ0n) is 11.1. The Kier molecular flexibility index (Phi) is 4.59. The largest absolute Gasteiger partial charge is 0.491 e. The van der Waals surface area contributed by atoms with E-state index in [4.69, 9.17) is 4.74 Å². The summed E-state index contributed by atoms with van der Waals surface area (Å²) in [4.78, 5) is 0. The lowest BCUT2D eigenvalue weighted by atomic mass is 10.1. The van der Waals surface area contributed by atoms with Crippen LogP contribution < -0.4 is 10.1 Å². The van der Waals surface area contributed by atoms with Crippen LogP contribution in [0.4, 0.5) is 0 Å². The Labute approximate surface area is 109 Å². The molecule has 1 atom stereocenters. The Hall–Kier alpha value is -1.54. The van der Waals surface area contributed by atoms with Crippen LogP contribution >= 0.6 is 0 Å². The number of rotatable bonds is 6. The summed E-state index contributed by atoms with van der Waals surface area (Å²) < 4.78 is 5.93. The molecule has 0 radical (unpaired) electrons. The predicted octanol–water partition coefficient (Wildman–Crippen LogP) is 3.61. The summed E-state index contributed by atoms with van der Waals surface area (Å²) >= 11 is 0. The first-order valence-electron chi connectivity index (χ1n) is 6.66. The highest BCUT2D eigenvalue weighted by molar-refractivity contribution is 5.83. The summed E-state index contributed by atoms with van der Waals surface area (Å²) in [6.45, 7) is 6.26. The van der Waals surface area contributed by atoms with E-state index in [-0.39, 0.29) is 6.10 Å². The normalized spacial score (nSPS) is 12.6. The van der Waals surface area contributed by atoms with Crippen LogP contribution in [0.25, 0.3) is 10.8 Å². The van der Waals surface area contributed by atoms with E-state index in [2.05, 4.69) is 55.6 Å². The Morgan fingerprint density at radius 3 is 2.67 bits per heavy atom. The van der Waals surface area contributed by atoms with Gasteiger partial charge >= 0.3 is 0 Å². The van der Waals surface area contributed by atoms with E-state index < -0.39 is 0 Å². The molecule has 96 valence electrons. The summed E-state index contributed by atoms with van der Waals surface area (Å²) in [7, 11) is 0. The van der Waals surface area contributed by atoms with Crippen LogP contribution in [0.1, 0.15) is 20.3 Å². The number of fused-ring (bicyclic) bond motifs is 1. The predicted molar refractivity (Wildman–Crippen MR) is 77.2 cm³/mol. The minimum Gasteiger partial charge on any atom is -0.491 e. The van der Waals surface area contributed by atoms with Gasteiger partial charge in [-0.15, -0.1) is 0 Å². The van der Waals surface area contributed by atoms with Crippen LogP contribution in [0.2, 0.25) is 0 Å². The fourth-order valence-corrected chi connectivity index (χ4v) is 2.01. The van der Waals surface area contributed by atoms with Crippen LogP contribution in [0.15, 0.2) is 42.5 Å². The van der Waals surface area contributed by atoms with E-state index in [9.17, 15) is 0 Å². The van der Waals surface area contributed by atoms with Gasteiger partial charge in [0.1, 0.15) is 5.75 Å². The molecule has 0 aliphatic heterocycles. The molecule has 0 bridgehead atoms. The van der Waals surface area contributed by atoms with Crippen molar-refractivity contribution in [2.24, 2.45) is 0 Å². The molecule has 2 nitrogen and oxygen atoms in total. The van der Waals surface area contributed by atoms with Gasteiger partial charge in [-0.1, -0.05) is 37.3 Å². The quantitative estimate of drug-likeness (QED) is 0.783. The molecule has 1 unspecified atom stereocenters. The van der Waals surface area contributed by atoms with Crippen LogP contribution in [0.3, 0.4) is 0 Å². The summed E-state index contributed by atoms with van der Waals surface area (Å²) in [5.41, 5.74) is 0. The third kappa shape index (κ3) is 3.47. The van der Waals surface area contributed by atoms with Gasteiger partial charge in [0.25, 0.3) is 0 Å². The van der Waals surface area contributed by atoms with E-state index in [0.29, 0.717) is 0 Å². The second-order valence-electron chi connectivity index (χ2n) is 4.58. The van der Waals surface area contributed by atoms with Crippen LogP contribution in [-0.2, 0) is 0 Å². The number of hydrogen-bond acceptors (Lipinski definition) is 2. The van der Waals surface area contributed by atoms with Gasteiger partial charge in [0, 0.05) is 0 Å². The molecule has 2 heteroatoms. The molecule has 0 heterocycles. The third-order valence-corrected chi connectivity index (χ3v) is 3.04. The standard InChI is InChI=1S/C16H21NO/c1-3-17-11-10-13(2)18-16-9-8-14-6-4-5-7-15(14)12-16/h4-9,12-13,17H,3,10-11H2,1-2H3. The van der Waals surface area contributed by atoms with Crippen molar-refractivity contribution in [3.8, 4) is 5.75 Å². The number of benzene rings is 2. The lowest BCUT2D eigenvalue weighted by Gasteiger charge is -2.15. The maximum absolute atomic E-state index is 5.93. The van der Waals surface area contributed by atoms with Crippen molar-refractivity contribution in [1.82, 2.24) is 5.32 Å². The molecule has 2 aromatic carbocycles. The average molecular weight is 243 g/mol. The maximum Gasteiger partial charge on any atom is 0.120 e. The SMILES string of the molecule is CCNCCC(C)Oc1ccc2ccccc2c1. The van der Waals surface area contributed by atoms with E-state index in [1.807, 2.05) is 6.07 Å². The molecule has 0 amide bonds. The van der Waals surface area contributed by atoms with Crippen molar-refractivity contribution in [3.63, 3.8) is 0 Å². The Morgan fingerprint density at radius 1 is 1.11 bits per heavy atom. The molecule has 0 aliphatic rings. The first-order chi connectivity index (χ1) is 8.79. The van der Waals surface area contributed by atoms with Crippen LogP contribution in [0, 0.1) is 0 Å². The van der Waals surface area contributed by atoms with E-state index in [1.165, 1.54) is 10.8 Å². The van der Waals surface area contributed by atoms with Crippen molar-refractivity contribution < 1.29 is 4.74 Å². The highest BCUT2D eigenvalue weighted by atomic mass is 16.5. The van der Waals surface area contributed by atoms with Gasteiger partial charge in [-0.3, -0.25) is 0 Å². The molecule has 0 aromatic heterocycles. The smallest absolute Gasteiger partial charge is 0.120 e. The first-order valence-corrected chi connectivity index (χ1v) is 6.66. The molecule has 0 saturated carbocycles. The van der Waals surface area contributed by atoms with Gasteiger partial charge < -0.3 is 10.1 Å². The minimum atomic E-state index is 0.241. The summed E-state index contributed by atoms with van der Waals surface area (Å²) in [6.07, 6.45) is 1.27. The number of ether oxygens (including phenoxy) is 1. The van der Waals surface area contributed by atoms with E-state index in [1.54, 1.807) is 0 Å². The second kappa shape index (κ2) is 6.41. The molecule has 18 heavy (non-hydrogen) atoms. The third-order valence-electron chi connectivity index (χ3n) is 3.04. The molecule has 1 N–H and O–H groups in total. The lowest BCUT2D eigenvalue weighted by Crippen LogP contribution is -2.21. The monoisotopic (exact) mass is 243 g/mol.